The molecule has 0 spiro atoms. The fourth-order valence-electron chi connectivity index (χ4n) is 1.82. The van der Waals surface area contributed by atoms with Crippen LogP contribution in [0.5, 0.6) is 11.8 Å². The first-order valence-electron chi connectivity index (χ1n) is 7.54. The first-order chi connectivity index (χ1) is 13.4. The second kappa shape index (κ2) is 8.50. The van der Waals surface area contributed by atoms with Crippen molar-refractivity contribution in [3.05, 3.63) is 17.2 Å². The maximum atomic E-state index is 12.5. The molecule has 0 saturated carbocycles. The molecule has 162 valence electrons. The van der Waals surface area contributed by atoms with Crippen LogP contribution in [0.15, 0.2) is 17.2 Å². The van der Waals surface area contributed by atoms with Crippen molar-refractivity contribution >= 4 is 34.0 Å². The van der Waals surface area contributed by atoms with E-state index >= 15 is 0 Å². The first-order valence-corrected chi connectivity index (χ1v) is 9.84. The zero-order valence-electron chi connectivity index (χ0n) is 15.2. The molecule has 0 aliphatic carbocycles. The van der Waals surface area contributed by atoms with Gasteiger partial charge in [0.2, 0.25) is 17.7 Å². The van der Waals surface area contributed by atoms with E-state index in [0.717, 1.165) is 13.0 Å². The van der Waals surface area contributed by atoms with Crippen LogP contribution in [0.4, 0.5) is 23.9 Å². The minimum Gasteiger partial charge on any atom is -0.481 e. The van der Waals surface area contributed by atoms with Crippen LogP contribution < -0.4 is 24.2 Å². The lowest BCUT2D eigenvalue weighted by Crippen LogP contribution is -2.51. The van der Waals surface area contributed by atoms with E-state index in [-0.39, 0.29) is 22.8 Å². The second-order valence-electron chi connectivity index (χ2n) is 5.51. The highest BCUT2D eigenvalue weighted by Crippen LogP contribution is 2.33. The van der Waals surface area contributed by atoms with Gasteiger partial charge in [-0.25, -0.2) is 22.7 Å². The van der Waals surface area contributed by atoms with Crippen molar-refractivity contribution in [3.63, 3.8) is 0 Å². The van der Waals surface area contributed by atoms with Crippen molar-refractivity contribution in [2.75, 3.05) is 26.1 Å². The summed E-state index contributed by atoms with van der Waals surface area (Å²) < 4.78 is 80.1. The van der Waals surface area contributed by atoms with Crippen molar-refractivity contribution in [3.8, 4) is 11.8 Å². The zero-order valence-corrected chi connectivity index (χ0v) is 16.8. The predicted molar refractivity (Wildman–Crippen MR) is 95.4 cm³/mol. The molecule has 0 saturated heterocycles. The van der Waals surface area contributed by atoms with Gasteiger partial charge in [-0.05, 0) is 18.9 Å². The Morgan fingerprint density at radius 3 is 2.38 bits per heavy atom. The molecule has 0 radical (unpaired) electrons. The molecule has 29 heavy (non-hydrogen) atoms. The number of rotatable bonds is 7. The fraction of sp³-hybridized carbons (Fsp3) is 0.462. The number of nitrogens with one attached hydrogen (secondary N) is 3. The third-order valence-electron chi connectivity index (χ3n) is 3.23. The Hall–Kier alpha value is -2.46. The molecule has 11 nitrogen and oxygen atoms in total. The van der Waals surface area contributed by atoms with Gasteiger partial charge in [0.1, 0.15) is 0 Å². The monoisotopic (exact) mass is 459 g/mol. The van der Waals surface area contributed by atoms with E-state index in [9.17, 15) is 26.4 Å². The summed E-state index contributed by atoms with van der Waals surface area (Å²) in [6.45, 7) is -0.461. The Labute approximate surface area is 167 Å². The van der Waals surface area contributed by atoms with Crippen LogP contribution in [0, 0.1) is 0 Å². The minimum absolute atomic E-state index is 0.0465. The number of halogens is 3. The van der Waals surface area contributed by atoms with E-state index in [1.165, 1.54) is 20.3 Å². The molecule has 1 atom stereocenters. The Morgan fingerprint density at radius 1 is 1.28 bits per heavy atom. The van der Waals surface area contributed by atoms with E-state index in [0.29, 0.717) is 11.9 Å². The Morgan fingerprint density at radius 2 is 1.86 bits per heavy atom. The summed E-state index contributed by atoms with van der Waals surface area (Å²) in [6.07, 6.45) is -3.68. The number of alkyl halides is 3. The first kappa shape index (κ1) is 22.8. The smallest absolute Gasteiger partial charge is 0.422 e. The van der Waals surface area contributed by atoms with Crippen molar-refractivity contribution in [2.24, 2.45) is 0 Å². The molecule has 1 aliphatic rings. The average molecular weight is 459 g/mol. The van der Waals surface area contributed by atoms with Crippen molar-refractivity contribution in [2.45, 2.75) is 18.0 Å². The minimum atomic E-state index is -4.59. The number of amides is 2. The highest BCUT2D eigenvalue weighted by molar-refractivity contribution is 8.02. The Bertz CT molecular complexity index is 888. The van der Waals surface area contributed by atoms with Gasteiger partial charge in [0.25, 0.3) is 10.0 Å². The number of ether oxygens (including phenoxy) is 3. The Kier molecular flexibility index (Phi) is 6.69. The maximum Gasteiger partial charge on any atom is 0.422 e. The quantitative estimate of drug-likeness (QED) is 0.512. The number of aromatic nitrogens is 2. The molecule has 1 aromatic rings. The van der Waals surface area contributed by atoms with Gasteiger partial charge in [0.05, 0.1) is 20.3 Å². The number of carbonyl (C=O) groups excluding carboxylic acids is 1. The molecule has 0 bridgehead atoms. The van der Waals surface area contributed by atoms with Gasteiger partial charge >= 0.3 is 12.2 Å². The topological polar surface area (TPSA) is 141 Å². The van der Waals surface area contributed by atoms with Gasteiger partial charge in [0, 0.05) is 6.08 Å². The molecular formula is C13H16F3N5O6S2. The standard InChI is InChI=1S/C13H16F3N5O6S2/c1-12(5-9(28-21-12)27-6-13(14,15)16)29(23,24)20-11(22)19-10-17-7(25-2)4-8(18-10)26-3/h4-5,21H,6H2,1-3H3,(H2,17,18,19,20,22). The number of sulfonamides is 1. The number of methoxy groups -OCH3 is 2. The summed E-state index contributed by atoms with van der Waals surface area (Å²) >= 11 is 0.538. The number of anilines is 1. The van der Waals surface area contributed by atoms with Crippen LogP contribution in [0.2, 0.25) is 0 Å². The molecule has 2 rings (SSSR count). The van der Waals surface area contributed by atoms with E-state index in [2.05, 4.69) is 24.7 Å². The van der Waals surface area contributed by atoms with Gasteiger partial charge in [-0.15, -0.1) is 0 Å². The zero-order chi connectivity index (χ0) is 21.9. The highest BCUT2D eigenvalue weighted by atomic mass is 32.2. The summed E-state index contributed by atoms with van der Waals surface area (Å²) in [6, 6.07) is 0.111. The second-order valence-corrected chi connectivity index (χ2v) is 8.38. The van der Waals surface area contributed by atoms with Gasteiger partial charge in [-0.1, -0.05) is 0 Å². The lowest BCUT2D eigenvalue weighted by molar-refractivity contribution is -0.162. The van der Waals surface area contributed by atoms with Crippen LogP contribution >= 0.6 is 11.9 Å². The van der Waals surface area contributed by atoms with Gasteiger partial charge < -0.3 is 14.2 Å². The average Bonchev–Trinajstić information content (AvgIpc) is 3.01. The summed E-state index contributed by atoms with van der Waals surface area (Å²) in [7, 11) is -1.83. The third kappa shape index (κ3) is 6.01. The number of carbonyl (C=O) groups is 1. The summed E-state index contributed by atoms with van der Waals surface area (Å²) in [5.41, 5.74) is 0. The van der Waals surface area contributed by atoms with Crippen LogP contribution in [-0.2, 0) is 14.8 Å². The van der Waals surface area contributed by atoms with Gasteiger partial charge in [-0.3, -0.25) is 5.32 Å². The van der Waals surface area contributed by atoms with Gasteiger partial charge in [-0.2, -0.15) is 23.1 Å². The number of hydrogen-bond donors (Lipinski definition) is 3. The van der Waals surface area contributed by atoms with Crippen molar-refractivity contribution < 1.29 is 40.6 Å². The van der Waals surface area contributed by atoms with E-state index in [1.807, 2.05) is 0 Å². The van der Waals surface area contributed by atoms with Crippen molar-refractivity contribution in [1.29, 1.82) is 0 Å². The molecular weight excluding hydrogens is 443 g/mol. The van der Waals surface area contributed by atoms with Crippen molar-refractivity contribution in [1.82, 2.24) is 19.4 Å². The van der Waals surface area contributed by atoms with Crippen LogP contribution in [0.1, 0.15) is 6.92 Å². The van der Waals surface area contributed by atoms with Crippen LogP contribution in [0.25, 0.3) is 0 Å². The molecule has 0 fully saturated rings. The molecule has 1 aliphatic heterocycles. The molecule has 16 heteroatoms. The third-order valence-corrected chi connectivity index (χ3v) is 6.12. The molecule has 2 amide bonds. The van der Waals surface area contributed by atoms with Crippen LogP contribution in [0.3, 0.4) is 0 Å². The normalized spacial score (nSPS) is 19.3. The van der Waals surface area contributed by atoms with E-state index < -0.39 is 33.7 Å². The lowest BCUT2D eigenvalue weighted by Gasteiger charge is -2.21. The van der Waals surface area contributed by atoms with E-state index in [1.54, 1.807) is 4.72 Å². The number of nitrogens with zero attached hydrogens (tertiary/aromatic N) is 2. The van der Waals surface area contributed by atoms with E-state index in [4.69, 9.17) is 9.47 Å². The lowest BCUT2D eigenvalue weighted by atomic mass is 10.3. The largest absolute Gasteiger partial charge is 0.481 e. The summed E-state index contributed by atoms with van der Waals surface area (Å²) in [5, 5.41) is 1.79. The number of urea groups is 1. The molecule has 0 aromatic carbocycles. The number of hydrogen-bond acceptors (Lipinski definition) is 10. The summed E-state index contributed by atoms with van der Waals surface area (Å²) in [5.74, 6) is -0.215. The Balaban J connectivity index is 2.08. The molecule has 3 N–H and O–H groups in total. The van der Waals surface area contributed by atoms with Gasteiger partial charge in [0.15, 0.2) is 16.6 Å². The highest BCUT2D eigenvalue weighted by Gasteiger charge is 2.44. The fourth-order valence-corrected chi connectivity index (χ4v) is 4.00. The molecule has 1 aromatic heterocycles. The molecule has 2 heterocycles. The summed E-state index contributed by atoms with van der Waals surface area (Å²) in [4.78, 5) is 17.8. The SMILES string of the molecule is COc1cc(OC)nc(NC(=O)NS(=O)(=O)C2(C)C=C(OCC(F)(F)F)SN2)n1. The predicted octanol–water partition coefficient (Wildman–Crippen LogP) is 1.33. The van der Waals surface area contributed by atoms with Crippen LogP contribution in [-0.4, -0.2) is 56.3 Å². The maximum absolute atomic E-state index is 12.5. The molecule has 1 unspecified atom stereocenters.